The van der Waals surface area contributed by atoms with Crippen LogP contribution in [0.25, 0.3) is 0 Å². The Bertz CT molecular complexity index is 575. The smallest absolute Gasteiger partial charge is 0.337 e. The Morgan fingerprint density at radius 3 is 2.58 bits per heavy atom. The average Bonchev–Trinajstić information content (AvgIpc) is 2.28. The lowest BCUT2D eigenvalue weighted by Crippen LogP contribution is -2.36. The summed E-state index contributed by atoms with van der Waals surface area (Å²) in [6.45, 7) is 3.19. The van der Waals surface area contributed by atoms with Crippen LogP contribution in [0.15, 0.2) is 29.3 Å². The summed E-state index contributed by atoms with van der Waals surface area (Å²) in [5.74, 6) is -1.30. The maximum absolute atomic E-state index is 12.0. The molecule has 0 atom stereocenters. The zero-order valence-corrected chi connectivity index (χ0v) is 12.4. The number of hydrogen-bond acceptors (Lipinski definition) is 3. The largest absolute Gasteiger partial charge is 0.478 e. The second kappa shape index (κ2) is 5.70. The third-order valence-corrected chi connectivity index (χ3v) is 3.68. The molecule has 0 bridgehead atoms. The number of nitrogens with one attached hydrogen (secondary N) is 2. The fourth-order valence-corrected chi connectivity index (χ4v) is 2.19. The van der Waals surface area contributed by atoms with Crippen molar-refractivity contribution in [2.45, 2.75) is 6.92 Å². The number of aromatic carboxylic acids is 1. The van der Waals surface area contributed by atoms with Crippen LogP contribution in [0.2, 0.25) is 0 Å². The van der Waals surface area contributed by atoms with Gasteiger partial charge in [-0.15, -0.1) is 0 Å². The van der Waals surface area contributed by atoms with Crippen LogP contribution < -0.4 is 10.6 Å². The van der Waals surface area contributed by atoms with E-state index in [0.29, 0.717) is 11.3 Å². The molecular weight excluding hydrogens is 359 g/mol. The van der Waals surface area contributed by atoms with Crippen molar-refractivity contribution in [1.29, 1.82) is 0 Å². The van der Waals surface area contributed by atoms with Crippen LogP contribution in [0, 0.1) is 3.57 Å². The number of carbonyl (C=O) groups is 2. The molecule has 0 saturated carbocycles. The van der Waals surface area contributed by atoms with E-state index in [4.69, 9.17) is 5.11 Å². The molecule has 0 radical (unpaired) electrons. The second-order valence-corrected chi connectivity index (χ2v) is 5.53. The minimum Gasteiger partial charge on any atom is -0.478 e. The number of amides is 1. The molecular formula is C13H13IN2O3. The van der Waals surface area contributed by atoms with E-state index < -0.39 is 5.97 Å². The maximum Gasteiger partial charge on any atom is 0.337 e. The predicted molar refractivity (Wildman–Crippen MR) is 80.3 cm³/mol. The molecule has 100 valence electrons. The summed E-state index contributed by atoms with van der Waals surface area (Å²) in [5.41, 5.74) is 2.13. The highest BCUT2D eigenvalue weighted by Crippen LogP contribution is 2.20. The van der Waals surface area contributed by atoms with Crippen molar-refractivity contribution in [3.8, 4) is 0 Å². The van der Waals surface area contributed by atoms with Crippen LogP contribution in [0.5, 0.6) is 0 Å². The third kappa shape index (κ3) is 3.13. The van der Waals surface area contributed by atoms with Crippen LogP contribution in [-0.4, -0.2) is 30.1 Å². The van der Waals surface area contributed by atoms with Crippen LogP contribution in [0.3, 0.4) is 0 Å². The van der Waals surface area contributed by atoms with Gasteiger partial charge >= 0.3 is 5.97 Å². The van der Waals surface area contributed by atoms with Gasteiger partial charge in [-0.3, -0.25) is 4.79 Å². The van der Waals surface area contributed by atoms with Gasteiger partial charge in [0.15, 0.2) is 0 Å². The highest BCUT2D eigenvalue weighted by molar-refractivity contribution is 14.1. The van der Waals surface area contributed by atoms with Gasteiger partial charge in [0, 0.05) is 22.2 Å². The number of carboxylic acid groups (broad SMARTS) is 1. The highest BCUT2D eigenvalue weighted by Gasteiger charge is 2.18. The first kappa shape index (κ1) is 14.0. The summed E-state index contributed by atoms with van der Waals surface area (Å²) in [5, 5.41) is 14.9. The summed E-state index contributed by atoms with van der Waals surface area (Å²) in [4.78, 5) is 23.2. The van der Waals surface area contributed by atoms with Crippen molar-refractivity contribution < 1.29 is 14.7 Å². The average molecular weight is 372 g/mol. The minimum absolute atomic E-state index is 0.102. The topological polar surface area (TPSA) is 78.4 Å². The SMILES string of the molecule is CC(C(=O)Nc1ccc(I)cc1C(=O)O)=C1CNC1. The molecule has 19 heavy (non-hydrogen) atoms. The molecule has 6 heteroatoms. The number of hydrogen-bond donors (Lipinski definition) is 3. The summed E-state index contributed by atoms with van der Waals surface area (Å²) in [7, 11) is 0. The van der Waals surface area contributed by atoms with E-state index >= 15 is 0 Å². The molecule has 1 heterocycles. The molecule has 1 fully saturated rings. The van der Waals surface area contributed by atoms with Gasteiger partial charge in [-0.25, -0.2) is 4.79 Å². The fraction of sp³-hybridized carbons (Fsp3) is 0.231. The Hall–Kier alpha value is -1.41. The molecule has 0 unspecified atom stereocenters. The quantitative estimate of drug-likeness (QED) is 0.559. The van der Waals surface area contributed by atoms with Gasteiger partial charge in [-0.2, -0.15) is 0 Å². The Labute approximate surface area is 124 Å². The Morgan fingerprint density at radius 1 is 1.37 bits per heavy atom. The normalized spacial score (nSPS) is 13.7. The van der Waals surface area contributed by atoms with Crippen LogP contribution >= 0.6 is 22.6 Å². The molecule has 1 aromatic carbocycles. The summed E-state index contributed by atoms with van der Waals surface area (Å²) in [6.07, 6.45) is 0. The van der Waals surface area contributed by atoms with Gasteiger partial charge in [0.25, 0.3) is 5.91 Å². The molecule has 0 spiro atoms. The molecule has 0 aliphatic carbocycles. The fourth-order valence-electron chi connectivity index (χ4n) is 1.69. The molecule has 1 aromatic rings. The van der Waals surface area contributed by atoms with Gasteiger partial charge in [-0.1, -0.05) is 0 Å². The maximum atomic E-state index is 12.0. The van der Waals surface area contributed by atoms with E-state index in [-0.39, 0.29) is 11.5 Å². The first-order chi connectivity index (χ1) is 8.99. The van der Waals surface area contributed by atoms with Gasteiger partial charge in [0.05, 0.1) is 11.3 Å². The van der Waals surface area contributed by atoms with Crippen molar-refractivity contribution >= 4 is 40.2 Å². The van der Waals surface area contributed by atoms with E-state index in [1.165, 1.54) is 6.07 Å². The lowest BCUT2D eigenvalue weighted by molar-refractivity contribution is -0.112. The highest BCUT2D eigenvalue weighted by atomic mass is 127. The second-order valence-electron chi connectivity index (χ2n) is 4.28. The van der Waals surface area contributed by atoms with E-state index in [0.717, 1.165) is 22.2 Å². The third-order valence-electron chi connectivity index (χ3n) is 3.01. The number of carbonyl (C=O) groups excluding carboxylic acids is 1. The lowest BCUT2D eigenvalue weighted by Gasteiger charge is -2.21. The lowest BCUT2D eigenvalue weighted by atomic mass is 10.0. The van der Waals surface area contributed by atoms with Crippen molar-refractivity contribution in [2.24, 2.45) is 0 Å². The van der Waals surface area contributed by atoms with Crippen LogP contribution in [0.1, 0.15) is 17.3 Å². The van der Waals surface area contributed by atoms with E-state index in [2.05, 4.69) is 10.6 Å². The van der Waals surface area contributed by atoms with Gasteiger partial charge in [0.2, 0.25) is 0 Å². The van der Waals surface area contributed by atoms with Crippen LogP contribution in [0.4, 0.5) is 5.69 Å². The van der Waals surface area contributed by atoms with Gasteiger partial charge in [-0.05, 0) is 53.3 Å². The monoisotopic (exact) mass is 372 g/mol. The van der Waals surface area contributed by atoms with Crippen molar-refractivity contribution in [3.63, 3.8) is 0 Å². The molecule has 0 aromatic heterocycles. The Kier molecular flexibility index (Phi) is 4.20. The van der Waals surface area contributed by atoms with Gasteiger partial charge in [0.1, 0.15) is 0 Å². The predicted octanol–water partition coefficient (Wildman–Crippen LogP) is 1.85. The van der Waals surface area contributed by atoms with E-state index in [9.17, 15) is 9.59 Å². The van der Waals surface area contributed by atoms with Crippen molar-refractivity contribution in [3.05, 3.63) is 38.5 Å². The standard InChI is InChI=1S/C13H13IN2O3/c1-7(8-5-15-6-8)12(17)16-11-3-2-9(14)4-10(11)13(18)19/h2-4,15H,5-6H2,1H3,(H,16,17)(H,18,19). The van der Waals surface area contributed by atoms with E-state index in [1.807, 2.05) is 22.6 Å². The first-order valence-electron chi connectivity index (χ1n) is 5.72. The Morgan fingerprint density at radius 2 is 2.05 bits per heavy atom. The molecule has 2 rings (SSSR count). The summed E-state index contributed by atoms with van der Waals surface area (Å²) in [6, 6.07) is 4.90. The number of halogens is 1. The minimum atomic E-state index is -1.05. The summed E-state index contributed by atoms with van der Waals surface area (Å²) < 4.78 is 0.811. The number of benzene rings is 1. The van der Waals surface area contributed by atoms with Gasteiger partial charge < -0.3 is 15.7 Å². The van der Waals surface area contributed by atoms with E-state index in [1.54, 1.807) is 19.1 Å². The molecule has 1 aliphatic heterocycles. The number of carboxylic acids is 1. The summed E-state index contributed by atoms with van der Waals surface area (Å²) >= 11 is 2.03. The van der Waals surface area contributed by atoms with Crippen molar-refractivity contribution in [1.82, 2.24) is 5.32 Å². The molecule has 5 nitrogen and oxygen atoms in total. The molecule has 3 N–H and O–H groups in total. The molecule has 1 aliphatic rings. The molecule has 1 saturated heterocycles. The zero-order valence-electron chi connectivity index (χ0n) is 10.3. The Balaban J connectivity index is 2.24. The molecule has 1 amide bonds. The zero-order chi connectivity index (χ0) is 14.0. The van der Waals surface area contributed by atoms with Crippen LogP contribution in [-0.2, 0) is 4.79 Å². The number of anilines is 1. The first-order valence-corrected chi connectivity index (χ1v) is 6.80. The van der Waals surface area contributed by atoms with Crippen molar-refractivity contribution in [2.75, 3.05) is 18.4 Å². The number of rotatable bonds is 3.